The van der Waals surface area contributed by atoms with Gasteiger partial charge in [0.05, 0.1) is 12.2 Å². The van der Waals surface area contributed by atoms with Crippen molar-refractivity contribution in [2.45, 2.75) is 0 Å². The quantitative estimate of drug-likeness (QED) is 0.552. The minimum Gasteiger partial charge on any atom is -0.423 e. The number of amides is 1. The van der Waals surface area contributed by atoms with Crippen LogP contribution in [0.4, 0.5) is 5.69 Å². The second-order valence-electron chi connectivity index (χ2n) is 4.09. The number of fused-ring (bicyclic) bond motifs is 1. The van der Waals surface area contributed by atoms with Crippen LogP contribution in [0.25, 0.3) is 0 Å². The SMILES string of the molecule is CN(C)C(=O)CN1CC(=O)Oc2ccccc21. The molecule has 0 radical (unpaired) electrons. The van der Waals surface area contributed by atoms with Gasteiger partial charge >= 0.3 is 5.97 Å². The third-order valence-corrected chi connectivity index (χ3v) is 2.57. The number of benzene rings is 1. The third kappa shape index (κ3) is 2.38. The molecule has 0 fully saturated rings. The van der Waals surface area contributed by atoms with Gasteiger partial charge in [0, 0.05) is 14.1 Å². The van der Waals surface area contributed by atoms with E-state index in [9.17, 15) is 9.59 Å². The molecule has 0 saturated carbocycles. The normalized spacial score (nSPS) is 14.0. The van der Waals surface area contributed by atoms with Crippen LogP contribution in [0.1, 0.15) is 0 Å². The van der Waals surface area contributed by atoms with Crippen LogP contribution in [0.5, 0.6) is 5.75 Å². The van der Waals surface area contributed by atoms with Gasteiger partial charge in [-0.05, 0) is 12.1 Å². The van der Waals surface area contributed by atoms with Gasteiger partial charge in [0.2, 0.25) is 5.91 Å². The van der Waals surface area contributed by atoms with E-state index in [1.165, 1.54) is 4.90 Å². The minimum atomic E-state index is -0.338. The molecule has 2 rings (SSSR count). The Bertz CT molecular complexity index is 457. The van der Waals surface area contributed by atoms with Gasteiger partial charge in [-0.1, -0.05) is 12.1 Å². The van der Waals surface area contributed by atoms with Crippen molar-refractivity contribution in [3.8, 4) is 5.75 Å². The monoisotopic (exact) mass is 234 g/mol. The van der Waals surface area contributed by atoms with Gasteiger partial charge in [0.1, 0.15) is 6.54 Å². The number of nitrogens with zero attached hydrogens (tertiary/aromatic N) is 2. The molecule has 17 heavy (non-hydrogen) atoms. The van der Waals surface area contributed by atoms with Gasteiger partial charge in [-0.15, -0.1) is 0 Å². The van der Waals surface area contributed by atoms with Gasteiger partial charge in [0.25, 0.3) is 0 Å². The zero-order valence-electron chi connectivity index (χ0n) is 9.84. The van der Waals surface area contributed by atoms with Crippen LogP contribution in [0.2, 0.25) is 0 Å². The molecule has 1 aliphatic rings. The lowest BCUT2D eigenvalue weighted by atomic mass is 10.2. The highest BCUT2D eigenvalue weighted by molar-refractivity contribution is 5.89. The number of esters is 1. The van der Waals surface area contributed by atoms with Gasteiger partial charge in [-0.3, -0.25) is 4.79 Å². The van der Waals surface area contributed by atoms with Crippen LogP contribution in [-0.4, -0.2) is 44.0 Å². The van der Waals surface area contributed by atoms with E-state index < -0.39 is 0 Å². The Morgan fingerprint density at radius 3 is 2.82 bits per heavy atom. The van der Waals surface area contributed by atoms with Crippen molar-refractivity contribution >= 4 is 17.6 Å². The summed E-state index contributed by atoms with van der Waals surface area (Å²) >= 11 is 0. The van der Waals surface area contributed by atoms with Gasteiger partial charge in [0.15, 0.2) is 5.75 Å². The molecule has 5 heteroatoms. The van der Waals surface area contributed by atoms with Crippen LogP contribution in [0.3, 0.4) is 0 Å². The summed E-state index contributed by atoms with van der Waals surface area (Å²) in [6.07, 6.45) is 0. The number of hydrogen-bond donors (Lipinski definition) is 0. The van der Waals surface area contributed by atoms with Crippen molar-refractivity contribution in [3.63, 3.8) is 0 Å². The van der Waals surface area contributed by atoms with Crippen LogP contribution in [-0.2, 0) is 9.59 Å². The molecule has 0 N–H and O–H groups in total. The van der Waals surface area contributed by atoms with Crippen LogP contribution >= 0.6 is 0 Å². The Morgan fingerprint density at radius 2 is 2.12 bits per heavy atom. The first-order valence-corrected chi connectivity index (χ1v) is 5.33. The van der Waals surface area contributed by atoms with Crippen molar-refractivity contribution in [3.05, 3.63) is 24.3 Å². The molecule has 1 aromatic rings. The van der Waals surface area contributed by atoms with Crippen LogP contribution in [0.15, 0.2) is 24.3 Å². The number of carbonyl (C=O) groups excluding carboxylic acids is 2. The van der Waals surface area contributed by atoms with Crippen molar-refractivity contribution in [1.82, 2.24) is 4.90 Å². The molecule has 0 bridgehead atoms. The van der Waals surface area contributed by atoms with Gasteiger partial charge < -0.3 is 14.5 Å². The summed E-state index contributed by atoms with van der Waals surface area (Å²) in [6.45, 7) is 0.287. The van der Waals surface area contributed by atoms with E-state index in [2.05, 4.69) is 0 Å². The maximum absolute atomic E-state index is 11.7. The largest absolute Gasteiger partial charge is 0.423 e. The molecular weight excluding hydrogens is 220 g/mol. The first-order chi connectivity index (χ1) is 8.08. The van der Waals surface area contributed by atoms with E-state index in [1.54, 1.807) is 31.1 Å². The highest BCUT2D eigenvalue weighted by Crippen LogP contribution is 2.30. The van der Waals surface area contributed by atoms with Crippen LogP contribution < -0.4 is 9.64 Å². The Hall–Kier alpha value is -2.04. The van der Waals surface area contributed by atoms with E-state index in [0.717, 1.165) is 5.69 Å². The average Bonchev–Trinajstić information content (AvgIpc) is 2.28. The fraction of sp³-hybridized carbons (Fsp3) is 0.333. The topological polar surface area (TPSA) is 49.9 Å². The lowest BCUT2D eigenvalue weighted by molar-refractivity contribution is -0.133. The van der Waals surface area contributed by atoms with Gasteiger partial charge in [-0.25, -0.2) is 4.79 Å². The summed E-state index contributed by atoms with van der Waals surface area (Å²) in [5, 5.41) is 0. The Balaban J connectivity index is 2.24. The molecule has 5 nitrogen and oxygen atoms in total. The molecule has 1 amide bonds. The number of ether oxygens (including phenoxy) is 1. The number of anilines is 1. The molecule has 0 aromatic heterocycles. The summed E-state index contributed by atoms with van der Waals surface area (Å²) in [5.41, 5.74) is 0.780. The number of para-hydroxylation sites is 2. The predicted molar refractivity (Wildman–Crippen MR) is 63.0 cm³/mol. The highest BCUT2D eigenvalue weighted by Gasteiger charge is 2.25. The van der Waals surface area contributed by atoms with Crippen molar-refractivity contribution in [2.75, 3.05) is 32.1 Å². The summed E-state index contributed by atoms with van der Waals surface area (Å²) in [6, 6.07) is 7.21. The van der Waals surface area contributed by atoms with E-state index in [4.69, 9.17) is 4.74 Å². The molecule has 1 heterocycles. The molecule has 0 unspecified atom stereocenters. The predicted octanol–water partition coefficient (Wildman–Crippen LogP) is 0.500. The lowest BCUT2D eigenvalue weighted by Gasteiger charge is -2.29. The molecular formula is C12H14N2O3. The summed E-state index contributed by atoms with van der Waals surface area (Å²) in [4.78, 5) is 26.3. The zero-order valence-corrected chi connectivity index (χ0v) is 9.84. The number of likely N-dealkylation sites (N-methyl/N-ethyl adjacent to an activating group) is 1. The molecule has 0 saturated heterocycles. The van der Waals surface area contributed by atoms with Crippen LogP contribution in [0, 0.1) is 0 Å². The van der Waals surface area contributed by atoms with Crippen molar-refractivity contribution in [2.24, 2.45) is 0 Å². The first-order valence-electron chi connectivity index (χ1n) is 5.33. The average molecular weight is 234 g/mol. The Labute approximate surface area is 99.6 Å². The number of carbonyl (C=O) groups is 2. The van der Waals surface area contributed by atoms with E-state index in [1.807, 2.05) is 12.1 Å². The second kappa shape index (κ2) is 4.45. The molecule has 0 spiro atoms. The van der Waals surface area contributed by atoms with Gasteiger partial charge in [-0.2, -0.15) is 0 Å². The van der Waals surface area contributed by atoms with Crippen molar-refractivity contribution in [1.29, 1.82) is 0 Å². The molecule has 1 aromatic carbocycles. The summed E-state index contributed by atoms with van der Waals surface area (Å²) in [7, 11) is 3.38. The smallest absolute Gasteiger partial charge is 0.331 e. The number of rotatable bonds is 2. The van der Waals surface area contributed by atoms with E-state index in [0.29, 0.717) is 5.75 Å². The lowest BCUT2D eigenvalue weighted by Crippen LogP contribution is -2.43. The maximum atomic E-state index is 11.7. The second-order valence-corrected chi connectivity index (χ2v) is 4.09. The molecule has 1 aliphatic heterocycles. The fourth-order valence-corrected chi connectivity index (χ4v) is 1.65. The highest BCUT2D eigenvalue weighted by atomic mass is 16.5. The summed E-state index contributed by atoms with van der Waals surface area (Å²) in [5.74, 6) is 0.125. The van der Waals surface area contributed by atoms with Crippen molar-refractivity contribution < 1.29 is 14.3 Å². The Kier molecular flexibility index (Phi) is 2.99. The third-order valence-electron chi connectivity index (χ3n) is 2.57. The number of hydrogen-bond acceptors (Lipinski definition) is 4. The van der Waals surface area contributed by atoms with E-state index >= 15 is 0 Å². The first kappa shape index (κ1) is 11.4. The molecule has 0 aliphatic carbocycles. The fourth-order valence-electron chi connectivity index (χ4n) is 1.65. The standard InChI is InChI=1S/C12H14N2O3/c1-13(2)11(15)7-14-8-12(16)17-10-6-4-3-5-9(10)14/h3-6H,7-8H2,1-2H3. The van der Waals surface area contributed by atoms with E-state index in [-0.39, 0.29) is 25.0 Å². The Morgan fingerprint density at radius 1 is 1.41 bits per heavy atom. The molecule has 0 atom stereocenters. The minimum absolute atomic E-state index is 0.0468. The molecule has 90 valence electrons. The zero-order chi connectivity index (χ0) is 12.4. The maximum Gasteiger partial charge on any atom is 0.331 e. The summed E-state index contributed by atoms with van der Waals surface area (Å²) < 4.78 is 5.10.